The first-order valence-corrected chi connectivity index (χ1v) is 11.2. The van der Waals surface area contributed by atoms with Gasteiger partial charge in [-0.1, -0.05) is 90.4 Å². The SMILES string of the molecule is CCCCCCCCCC(=O)NN=C1CCCCCCCCCCC1. The topological polar surface area (TPSA) is 41.5 Å². The predicted molar refractivity (Wildman–Crippen MR) is 109 cm³/mol. The van der Waals surface area contributed by atoms with Crippen LogP contribution in [0.15, 0.2) is 5.10 Å². The molecular formula is C22H42N2O. The Morgan fingerprint density at radius 3 is 1.80 bits per heavy atom. The fourth-order valence-corrected chi connectivity index (χ4v) is 3.57. The Bertz CT molecular complexity index is 338. The van der Waals surface area contributed by atoms with Crippen molar-refractivity contribution in [3.63, 3.8) is 0 Å². The zero-order chi connectivity index (χ0) is 18.0. The van der Waals surface area contributed by atoms with Crippen molar-refractivity contribution in [2.24, 2.45) is 5.10 Å². The highest BCUT2D eigenvalue weighted by atomic mass is 16.2. The Kier molecular flexibility index (Phi) is 14.7. The van der Waals surface area contributed by atoms with Crippen molar-refractivity contribution >= 4 is 11.6 Å². The van der Waals surface area contributed by atoms with Crippen LogP contribution in [0, 0.1) is 0 Å². The summed E-state index contributed by atoms with van der Waals surface area (Å²) in [6.07, 6.45) is 23.5. The molecule has 1 aliphatic rings. The van der Waals surface area contributed by atoms with Crippen LogP contribution in [0.2, 0.25) is 0 Å². The largest absolute Gasteiger partial charge is 0.273 e. The highest BCUT2D eigenvalue weighted by Crippen LogP contribution is 2.15. The van der Waals surface area contributed by atoms with Gasteiger partial charge in [0.15, 0.2) is 0 Å². The lowest BCUT2D eigenvalue weighted by atomic mass is 10.00. The molecule has 25 heavy (non-hydrogen) atoms. The minimum absolute atomic E-state index is 0.104. The van der Waals surface area contributed by atoms with Crippen molar-refractivity contribution < 1.29 is 4.79 Å². The van der Waals surface area contributed by atoms with Crippen molar-refractivity contribution in [3.05, 3.63) is 0 Å². The number of hydrogen-bond acceptors (Lipinski definition) is 2. The molecule has 1 saturated carbocycles. The Labute approximate surface area is 156 Å². The molecule has 0 radical (unpaired) electrons. The van der Waals surface area contributed by atoms with Gasteiger partial charge in [0.1, 0.15) is 0 Å². The third-order valence-corrected chi connectivity index (χ3v) is 5.28. The van der Waals surface area contributed by atoms with Gasteiger partial charge in [0.25, 0.3) is 0 Å². The summed E-state index contributed by atoms with van der Waals surface area (Å²) < 4.78 is 0. The molecule has 0 aliphatic heterocycles. The first-order chi connectivity index (χ1) is 12.3. The first kappa shape index (κ1) is 22.2. The Balaban J connectivity index is 2.17. The van der Waals surface area contributed by atoms with Crippen LogP contribution in [-0.2, 0) is 4.79 Å². The number of nitrogens with zero attached hydrogens (tertiary/aromatic N) is 1. The van der Waals surface area contributed by atoms with Gasteiger partial charge in [0, 0.05) is 12.1 Å². The number of carbonyl (C=O) groups is 1. The van der Waals surface area contributed by atoms with Crippen LogP contribution < -0.4 is 5.43 Å². The molecule has 0 spiro atoms. The Morgan fingerprint density at radius 1 is 0.760 bits per heavy atom. The van der Waals surface area contributed by atoms with E-state index in [1.54, 1.807) is 0 Å². The van der Waals surface area contributed by atoms with Crippen LogP contribution in [0.4, 0.5) is 0 Å². The van der Waals surface area contributed by atoms with Gasteiger partial charge in [0.05, 0.1) is 0 Å². The minimum Gasteiger partial charge on any atom is -0.273 e. The lowest BCUT2D eigenvalue weighted by Gasteiger charge is -2.09. The molecule has 0 atom stereocenters. The van der Waals surface area contributed by atoms with Gasteiger partial charge in [-0.25, -0.2) is 5.43 Å². The summed E-state index contributed by atoms with van der Waals surface area (Å²) in [4.78, 5) is 12.0. The van der Waals surface area contributed by atoms with Crippen LogP contribution in [-0.4, -0.2) is 11.6 Å². The molecular weight excluding hydrogens is 308 g/mol. The minimum atomic E-state index is 0.104. The number of hydrogen-bond donors (Lipinski definition) is 1. The average molecular weight is 351 g/mol. The summed E-state index contributed by atoms with van der Waals surface area (Å²) in [7, 11) is 0. The van der Waals surface area contributed by atoms with Gasteiger partial charge >= 0.3 is 0 Å². The van der Waals surface area contributed by atoms with Crippen molar-refractivity contribution in [3.8, 4) is 0 Å². The van der Waals surface area contributed by atoms with Gasteiger partial charge in [-0.15, -0.1) is 0 Å². The summed E-state index contributed by atoms with van der Waals surface area (Å²) in [5, 5.41) is 4.47. The van der Waals surface area contributed by atoms with Gasteiger partial charge < -0.3 is 0 Å². The molecule has 1 aliphatic carbocycles. The van der Waals surface area contributed by atoms with Gasteiger partial charge in [0.2, 0.25) is 5.91 Å². The van der Waals surface area contributed by atoms with Gasteiger partial charge in [-0.2, -0.15) is 5.10 Å². The number of rotatable bonds is 9. The molecule has 3 nitrogen and oxygen atoms in total. The van der Waals surface area contributed by atoms with E-state index in [-0.39, 0.29) is 5.91 Å². The molecule has 0 bridgehead atoms. The second-order valence-corrected chi connectivity index (χ2v) is 7.77. The summed E-state index contributed by atoms with van der Waals surface area (Å²) in [5.41, 5.74) is 4.04. The van der Waals surface area contributed by atoms with E-state index in [2.05, 4.69) is 17.5 Å². The van der Waals surface area contributed by atoms with Crippen LogP contribution in [0.3, 0.4) is 0 Å². The van der Waals surface area contributed by atoms with Crippen LogP contribution in [0.1, 0.15) is 129 Å². The zero-order valence-corrected chi connectivity index (χ0v) is 16.8. The molecule has 0 aromatic heterocycles. The molecule has 1 rings (SSSR count). The molecule has 3 heteroatoms. The maximum atomic E-state index is 12.0. The molecule has 0 aromatic rings. The number of hydrazone groups is 1. The van der Waals surface area contributed by atoms with E-state index in [0.29, 0.717) is 6.42 Å². The number of nitrogens with one attached hydrogen (secondary N) is 1. The van der Waals surface area contributed by atoms with Crippen molar-refractivity contribution in [1.82, 2.24) is 5.43 Å². The second-order valence-electron chi connectivity index (χ2n) is 7.77. The Morgan fingerprint density at radius 2 is 1.24 bits per heavy atom. The first-order valence-electron chi connectivity index (χ1n) is 11.2. The number of unbranched alkanes of at least 4 members (excludes halogenated alkanes) is 6. The van der Waals surface area contributed by atoms with Crippen LogP contribution >= 0.6 is 0 Å². The van der Waals surface area contributed by atoms with E-state index in [1.165, 1.54) is 102 Å². The maximum Gasteiger partial charge on any atom is 0.240 e. The van der Waals surface area contributed by atoms with Crippen LogP contribution in [0.5, 0.6) is 0 Å². The maximum absolute atomic E-state index is 12.0. The molecule has 0 heterocycles. The lowest BCUT2D eigenvalue weighted by Crippen LogP contribution is -2.19. The zero-order valence-electron chi connectivity index (χ0n) is 16.8. The fraction of sp³-hybridized carbons (Fsp3) is 0.909. The van der Waals surface area contributed by atoms with Crippen LogP contribution in [0.25, 0.3) is 0 Å². The predicted octanol–water partition coefficient (Wildman–Crippen LogP) is 6.90. The standard InChI is InChI=1S/C22H42N2O/c1-2-3-4-5-9-14-17-20-22(25)24-23-21-18-15-12-10-7-6-8-11-13-16-19-21/h2-20H2,1H3,(H,24,25). The number of carbonyl (C=O) groups excluding carboxylic acids is 1. The molecule has 146 valence electrons. The molecule has 1 fully saturated rings. The van der Waals surface area contributed by atoms with E-state index in [4.69, 9.17) is 0 Å². The second kappa shape index (κ2) is 16.6. The van der Waals surface area contributed by atoms with E-state index >= 15 is 0 Å². The summed E-state index contributed by atoms with van der Waals surface area (Å²) >= 11 is 0. The smallest absolute Gasteiger partial charge is 0.240 e. The molecule has 0 aromatic carbocycles. The highest BCUT2D eigenvalue weighted by molar-refractivity contribution is 5.86. The third kappa shape index (κ3) is 14.0. The van der Waals surface area contributed by atoms with Gasteiger partial charge in [-0.05, 0) is 32.1 Å². The normalized spacial score (nSPS) is 17.4. The van der Waals surface area contributed by atoms with Crippen molar-refractivity contribution in [2.75, 3.05) is 0 Å². The van der Waals surface area contributed by atoms with Gasteiger partial charge in [-0.3, -0.25) is 4.79 Å². The molecule has 1 amide bonds. The average Bonchev–Trinajstić information content (AvgIpc) is 2.60. The van der Waals surface area contributed by atoms with E-state index < -0.39 is 0 Å². The molecule has 1 N–H and O–H groups in total. The van der Waals surface area contributed by atoms with Crippen molar-refractivity contribution in [2.45, 2.75) is 129 Å². The molecule has 0 saturated heterocycles. The monoisotopic (exact) mass is 350 g/mol. The summed E-state index contributed by atoms with van der Waals surface area (Å²) in [5.74, 6) is 0.104. The van der Waals surface area contributed by atoms with E-state index in [1.807, 2.05) is 0 Å². The van der Waals surface area contributed by atoms with E-state index in [9.17, 15) is 4.79 Å². The lowest BCUT2D eigenvalue weighted by molar-refractivity contribution is -0.121. The summed E-state index contributed by atoms with van der Waals surface area (Å²) in [6.45, 7) is 2.24. The molecule has 0 unspecified atom stereocenters. The quantitative estimate of drug-likeness (QED) is 0.356. The van der Waals surface area contributed by atoms with E-state index in [0.717, 1.165) is 19.3 Å². The number of amides is 1. The highest BCUT2D eigenvalue weighted by Gasteiger charge is 2.05. The summed E-state index contributed by atoms with van der Waals surface area (Å²) in [6, 6.07) is 0. The fourth-order valence-electron chi connectivity index (χ4n) is 3.57. The van der Waals surface area contributed by atoms with Crippen molar-refractivity contribution in [1.29, 1.82) is 0 Å². The third-order valence-electron chi connectivity index (χ3n) is 5.28. The Hall–Kier alpha value is -0.860.